The summed E-state index contributed by atoms with van der Waals surface area (Å²) >= 11 is 6.42. The molecule has 0 bridgehead atoms. The number of nitrogens with zero attached hydrogens (tertiary/aromatic N) is 5. The van der Waals surface area contributed by atoms with Crippen molar-refractivity contribution in [3.8, 4) is 11.6 Å². The number of fused-ring (bicyclic) bond motifs is 3. The van der Waals surface area contributed by atoms with Crippen molar-refractivity contribution in [2.45, 2.75) is 5.92 Å². The van der Waals surface area contributed by atoms with Crippen LogP contribution in [0.15, 0.2) is 46.3 Å². The fourth-order valence-electron chi connectivity index (χ4n) is 3.62. The molecule has 1 aromatic carbocycles. The molecular weight excluding hydrogens is 430 g/mol. The molecule has 2 N–H and O–H groups in total. The molecule has 3 heterocycles. The zero-order chi connectivity index (χ0) is 22.8. The molecule has 32 heavy (non-hydrogen) atoms. The Morgan fingerprint density at radius 2 is 2.16 bits per heavy atom. The number of imidazole rings is 1. The van der Waals surface area contributed by atoms with E-state index in [1.807, 2.05) is 25.2 Å². The number of aryl methyl sites for hydroxylation is 1. The molecule has 1 atom stereocenters. The predicted octanol–water partition coefficient (Wildman–Crippen LogP) is 2.92. The van der Waals surface area contributed by atoms with Crippen LogP contribution in [0.2, 0.25) is 5.15 Å². The average Bonchev–Trinajstić information content (AvgIpc) is 3.07. The van der Waals surface area contributed by atoms with Crippen LogP contribution in [0, 0.1) is 5.41 Å². The maximum absolute atomic E-state index is 13.2. The van der Waals surface area contributed by atoms with Crippen LogP contribution in [0.3, 0.4) is 0 Å². The lowest BCUT2D eigenvalue weighted by Crippen LogP contribution is -2.21. The van der Waals surface area contributed by atoms with Crippen LogP contribution in [0.25, 0.3) is 27.6 Å². The van der Waals surface area contributed by atoms with Gasteiger partial charge in [0, 0.05) is 30.9 Å². The van der Waals surface area contributed by atoms with Crippen LogP contribution in [-0.2, 0) is 7.05 Å². The Bertz CT molecular complexity index is 1410. The Morgan fingerprint density at radius 1 is 1.34 bits per heavy atom. The smallest absolute Gasteiger partial charge is 0.333 e. The highest BCUT2D eigenvalue weighted by Gasteiger charge is 2.19. The third-order valence-corrected chi connectivity index (χ3v) is 5.52. The van der Waals surface area contributed by atoms with Gasteiger partial charge in [-0.05, 0) is 30.8 Å². The van der Waals surface area contributed by atoms with E-state index in [-0.39, 0.29) is 16.8 Å². The van der Waals surface area contributed by atoms with Gasteiger partial charge < -0.3 is 15.5 Å². The predicted molar refractivity (Wildman–Crippen MR) is 127 cm³/mol. The second kappa shape index (κ2) is 8.89. The van der Waals surface area contributed by atoms with Gasteiger partial charge >= 0.3 is 5.69 Å². The van der Waals surface area contributed by atoms with Gasteiger partial charge in [-0.2, -0.15) is 4.98 Å². The van der Waals surface area contributed by atoms with Crippen molar-refractivity contribution in [1.29, 1.82) is 5.41 Å². The van der Waals surface area contributed by atoms with Crippen molar-refractivity contribution in [3.63, 3.8) is 0 Å². The summed E-state index contributed by atoms with van der Waals surface area (Å²) in [5.74, 6) is 0.0497. The van der Waals surface area contributed by atoms with Gasteiger partial charge in [0.2, 0.25) is 5.88 Å². The number of hydrogen-bond donors (Lipinski definition) is 2. The molecule has 9 nitrogen and oxygen atoms in total. The minimum absolute atomic E-state index is 0.150. The number of benzene rings is 1. The molecule has 0 fully saturated rings. The molecule has 0 aliphatic rings. The number of rotatable bonds is 7. The highest BCUT2D eigenvalue weighted by atomic mass is 35.5. The maximum atomic E-state index is 13.2. The zero-order valence-corrected chi connectivity index (χ0v) is 18.6. The first-order chi connectivity index (χ1) is 15.5. The molecule has 3 aromatic heterocycles. The number of hydrogen-bond acceptors (Lipinski definition) is 7. The van der Waals surface area contributed by atoms with Gasteiger partial charge in [-0.3, -0.25) is 19.1 Å². The summed E-state index contributed by atoms with van der Waals surface area (Å²) in [5, 5.41) is 11.7. The molecule has 164 valence electrons. The van der Waals surface area contributed by atoms with Crippen molar-refractivity contribution >= 4 is 46.0 Å². The summed E-state index contributed by atoms with van der Waals surface area (Å²) < 4.78 is 8.20. The number of ether oxygens (including phenoxy) is 1. The molecule has 0 amide bonds. The van der Waals surface area contributed by atoms with E-state index in [1.165, 1.54) is 22.5 Å². The molecule has 0 spiro atoms. The third kappa shape index (κ3) is 3.65. The van der Waals surface area contributed by atoms with Crippen LogP contribution in [0.5, 0.6) is 5.88 Å². The molecule has 0 aliphatic heterocycles. The Labute approximate surface area is 188 Å². The molecule has 0 radical (unpaired) electrons. The summed E-state index contributed by atoms with van der Waals surface area (Å²) in [4.78, 5) is 26.2. The van der Waals surface area contributed by atoms with Crippen LogP contribution < -0.4 is 15.7 Å². The first-order valence-electron chi connectivity index (χ1n) is 9.86. The highest BCUT2D eigenvalue weighted by molar-refractivity contribution is 6.31. The lowest BCUT2D eigenvalue weighted by molar-refractivity contribution is 0.398. The van der Waals surface area contributed by atoms with E-state index in [4.69, 9.17) is 21.7 Å². The molecule has 0 aliphatic carbocycles. The molecule has 4 aromatic rings. The highest BCUT2D eigenvalue weighted by Crippen LogP contribution is 2.30. The van der Waals surface area contributed by atoms with Crippen LogP contribution in [0.4, 0.5) is 0 Å². The second-order valence-corrected chi connectivity index (χ2v) is 7.50. The quantitative estimate of drug-likeness (QED) is 0.331. The minimum Gasteiger partial charge on any atom is -0.481 e. The van der Waals surface area contributed by atoms with E-state index in [0.717, 1.165) is 10.9 Å². The van der Waals surface area contributed by atoms with E-state index < -0.39 is 0 Å². The van der Waals surface area contributed by atoms with Gasteiger partial charge in [0.1, 0.15) is 0 Å². The largest absolute Gasteiger partial charge is 0.481 e. The van der Waals surface area contributed by atoms with Crippen molar-refractivity contribution in [2.24, 2.45) is 12.0 Å². The zero-order valence-electron chi connectivity index (χ0n) is 17.8. The summed E-state index contributed by atoms with van der Waals surface area (Å²) in [6.07, 6.45) is 4.72. The van der Waals surface area contributed by atoms with Crippen LogP contribution in [0.1, 0.15) is 11.5 Å². The Kier molecular flexibility index (Phi) is 6.02. The van der Waals surface area contributed by atoms with Crippen LogP contribution >= 0.6 is 11.6 Å². The fraction of sp³-hybridized carbons (Fsp3) is 0.227. The normalized spacial score (nSPS) is 12.6. The van der Waals surface area contributed by atoms with Gasteiger partial charge in [0.15, 0.2) is 5.15 Å². The lowest BCUT2D eigenvalue weighted by atomic mass is 9.99. The Balaban J connectivity index is 2.01. The molecule has 1 unspecified atom stereocenters. The molecule has 4 rings (SSSR count). The number of methoxy groups -OCH3 is 1. The fourth-order valence-corrected chi connectivity index (χ4v) is 3.85. The number of aromatic nitrogens is 4. The summed E-state index contributed by atoms with van der Waals surface area (Å²) in [7, 11) is 5.00. The first kappa shape index (κ1) is 21.7. The van der Waals surface area contributed by atoms with Gasteiger partial charge in [-0.15, -0.1) is 0 Å². The van der Waals surface area contributed by atoms with Crippen molar-refractivity contribution in [2.75, 3.05) is 20.8 Å². The second-order valence-electron chi connectivity index (χ2n) is 7.14. The molecule has 0 saturated carbocycles. The monoisotopic (exact) mass is 451 g/mol. The Hall–Kier alpha value is -3.56. The third-order valence-electron chi connectivity index (χ3n) is 5.24. The van der Waals surface area contributed by atoms with Gasteiger partial charge in [0.25, 0.3) is 0 Å². The van der Waals surface area contributed by atoms with E-state index >= 15 is 0 Å². The van der Waals surface area contributed by atoms with E-state index in [2.05, 4.69) is 20.3 Å². The first-order valence-corrected chi connectivity index (χ1v) is 10.2. The van der Waals surface area contributed by atoms with Crippen molar-refractivity contribution < 1.29 is 4.74 Å². The average molecular weight is 452 g/mol. The van der Waals surface area contributed by atoms with Crippen molar-refractivity contribution in [1.82, 2.24) is 24.4 Å². The Morgan fingerprint density at radius 3 is 2.84 bits per heavy atom. The van der Waals surface area contributed by atoms with E-state index in [0.29, 0.717) is 34.8 Å². The molecule has 0 saturated heterocycles. The standard InChI is InChI=1S/C22H22ClN7O2/c1-25-12-26-10-14(9-24)13-4-5-16-15(8-13)20-18(11-27-16)29(2)22(31)30(20)17-6-7-19(32-3)28-21(17)23/h4-11,14,24-25H,12H2,1-3H3. The molecular formula is C22H22ClN7O2. The lowest BCUT2D eigenvalue weighted by Gasteiger charge is -2.11. The number of nitrogens with one attached hydrogen (secondary N) is 2. The van der Waals surface area contributed by atoms with E-state index in [1.54, 1.807) is 31.6 Å². The maximum Gasteiger partial charge on any atom is 0.333 e. The van der Waals surface area contributed by atoms with Gasteiger partial charge in [0.05, 0.1) is 48.1 Å². The van der Waals surface area contributed by atoms with E-state index in [9.17, 15) is 4.79 Å². The van der Waals surface area contributed by atoms with Gasteiger partial charge in [-0.25, -0.2) is 4.79 Å². The topological polar surface area (TPSA) is 110 Å². The number of halogens is 1. The summed E-state index contributed by atoms with van der Waals surface area (Å²) in [6, 6.07) is 9.09. The van der Waals surface area contributed by atoms with Crippen molar-refractivity contribution in [3.05, 3.63) is 57.7 Å². The van der Waals surface area contributed by atoms with Gasteiger partial charge in [-0.1, -0.05) is 17.7 Å². The number of aliphatic imine (C=N–C) groups is 1. The summed E-state index contributed by atoms with van der Waals surface area (Å²) in [5.41, 5.74) is 3.07. The molecule has 10 heteroatoms. The number of pyridine rings is 2. The minimum atomic E-state index is -0.307. The SMILES string of the molecule is CNCN=CC(C=N)c1ccc2ncc3c(c2c1)n(-c1ccc(OC)nc1Cl)c(=O)n3C. The van der Waals surface area contributed by atoms with Crippen LogP contribution in [-0.4, -0.2) is 52.4 Å². The summed E-state index contributed by atoms with van der Waals surface area (Å²) in [6.45, 7) is 0.463.